The number of hydrogen-bond donors (Lipinski definition) is 2. The summed E-state index contributed by atoms with van der Waals surface area (Å²) in [6.07, 6.45) is 10.3. The van der Waals surface area contributed by atoms with E-state index in [-0.39, 0.29) is 11.9 Å². The Balaban J connectivity index is 1.07. The summed E-state index contributed by atoms with van der Waals surface area (Å²) in [5, 5.41) is 11.0. The zero-order valence-corrected chi connectivity index (χ0v) is 24.4. The van der Waals surface area contributed by atoms with E-state index in [0.717, 1.165) is 39.8 Å². The van der Waals surface area contributed by atoms with Crippen LogP contribution in [0.25, 0.3) is 16.1 Å². The van der Waals surface area contributed by atoms with E-state index in [1.54, 1.807) is 28.2 Å². The Hall–Kier alpha value is -5.17. The molecule has 1 fully saturated rings. The van der Waals surface area contributed by atoms with Crippen molar-refractivity contribution in [2.45, 2.75) is 33.1 Å². The van der Waals surface area contributed by atoms with Crippen LogP contribution in [0.5, 0.6) is 11.8 Å². The number of thiazole rings is 1. The first-order valence-corrected chi connectivity index (χ1v) is 14.7. The van der Waals surface area contributed by atoms with Crippen LogP contribution in [0.15, 0.2) is 73.4 Å². The molecule has 218 valence electrons. The van der Waals surface area contributed by atoms with Crippen LogP contribution < -0.4 is 20.3 Å². The van der Waals surface area contributed by atoms with E-state index in [9.17, 15) is 9.59 Å². The van der Waals surface area contributed by atoms with Gasteiger partial charge in [-0.05, 0) is 60.7 Å². The molecule has 43 heavy (non-hydrogen) atoms. The van der Waals surface area contributed by atoms with Crippen LogP contribution in [0.2, 0.25) is 0 Å². The zero-order valence-electron chi connectivity index (χ0n) is 23.6. The van der Waals surface area contributed by atoms with Crippen molar-refractivity contribution in [2.24, 2.45) is 5.92 Å². The minimum absolute atomic E-state index is 0.121. The molecule has 0 spiro atoms. The quantitative estimate of drug-likeness (QED) is 0.213. The van der Waals surface area contributed by atoms with E-state index >= 15 is 0 Å². The molecule has 6 rings (SSSR count). The average molecular weight is 596 g/mol. The highest BCUT2D eigenvalue weighted by atomic mass is 32.1. The molecular weight excluding hydrogens is 566 g/mol. The normalized spacial score (nSPS) is 13.0. The van der Waals surface area contributed by atoms with Gasteiger partial charge in [0.1, 0.15) is 11.6 Å². The van der Waals surface area contributed by atoms with Gasteiger partial charge in [-0.3, -0.25) is 20.0 Å². The highest BCUT2D eigenvalue weighted by Gasteiger charge is 2.24. The molecule has 1 aliphatic rings. The molecule has 0 saturated carbocycles. The Kier molecular flexibility index (Phi) is 8.05. The van der Waals surface area contributed by atoms with Gasteiger partial charge < -0.3 is 10.1 Å². The molecule has 12 nitrogen and oxygen atoms in total. The third kappa shape index (κ3) is 6.67. The molecule has 5 aromatic rings. The Morgan fingerprint density at radius 1 is 1.05 bits per heavy atom. The molecule has 0 atom stereocenters. The van der Waals surface area contributed by atoms with E-state index < -0.39 is 6.03 Å². The van der Waals surface area contributed by atoms with E-state index in [2.05, 4.69) is 49.5 Å². The topological polar surface area (TPSA) is 140 Å². The van der Waals surface area contributed by atoms with E-state index in [1.165, 1.54) is 23.7 Å². The molecule has 4 aromatic heterocycles. The van der Waals surface area contributed by atoms with Crippen molar-refractivity contribution in [2.75, 3.05) is 22.1 Å². The number of benzene rings is 1. The van der Waals surface area contributed by atoms with Crippen LogP contribution in [0, 0.1) is 5.92 Å². The van der Waals surface area contributed by atoms with Gasteiger partial charge in [-0.1, -0.05) is 25.2 Å². The molecule has 2 N–H and O–H groups in total. The van der Waals surface area contributed by atoms with E-state index in [1.807, 2.05) is 42.5 Å². The Labute approximate surface area is 251 Å². The average Bonchev–Trinajstić information content (AvgIpc) is 3.75. The summed E-state index contributed by atoms with van der Waals surface area (Å²) in [5.74, 6) is 1.61. The first kappa shape index (κ1) is 28.0. The number of hydrogen-bond acceptors (Lipinski definition) is 9. The van der Waals surface area contributed by atoms with Crippen molar-refractivity contribution in [1.82, 2.24) is 29.7 Å². The maximum Gasteiger partial charge on any atom is 0.324 e. The van der Waals surface area contributed by atoms with Gasteiger partial charge in [0.2, 0.25) is 5.91 Å². The molecule has 0 aliphatic carbocycles. The SMILES string of the molecule is CC(C)Cc1cc(NC(=O)Nc2cnc(Oc3ccc(-c4cnc(N5CCCC5=O)s4)cc3)nc2)n(-c2cccnc2)n1. The van der Waals surface area contributed by atoms with Gasteiger partial charge in [0.15, 0.2) is 5.13 Å². The van der Waals surface area contributed by atoms with Crippen LogP contribution in [-0.2, 0) is 11.2 Å². The summed E-state index contributed by atoms with van der Waals surface area (Å²) in [6, 6.07) is 12.7. The van der Waals surface area contributed by atoms with Crippen molar-refractivity contribution >= 4 is 39.9 Å². The summed E-state index contributed by atoms with van der Waals surface area (Å²) in [6.45, 7) is 4.95. The molecule has 1 saturated heterocycles. The minimum atomic E-state index is -0.464. The number of anilines is 3. The number of amides is 3. The summed E-state index contributed by atoms with van der Waals surface area (Å²) >= 11 is 1.49. The molecular formula is C30H29N9O3S. The lowest BCUT2D eigenvalue weighted by Crippen LogP contribution is -2.23. The van der Waals surface area contributed by atoms with Crippen LogP contribution >= 0.6 is 11.3 Å². The van der Waals surface area contributed by atoms with Gasteiger partial charge in [0, 0.05) is 31.4 Å². The Bertz CT molecular complexity index is 1720. The zero-order chi connectivity index (χ0) is 29.8. The molecule has 0 radical (unpaired) electrons. The van der Waals surface area contributed by atoms with Crippen LogP contribution in [0.1, 0.15) is 32.4 Å². The summed E-state index contributed by atoms with van der Waals surface area (Å²) in [7, 11) is 0. The lowest BCUT2D eigenvalue weighted by Gasteiger charge is -2.10. The molecule has 3 amide bonds. The predicted molar refractivity (Wildman–Crippen MR) is 164 cm³/mol. The van der Waals surface area contributed by atoms with Crippen molar-refractivity contribution in [3.63, 3.8) is 0 Å². The van der Waals surface area contributed by atoms with Crippen LogP contribution in [0.3, 0.4) is 0 Å². The fourth-order valence-corrected chi connectivity index (χ4v) is 5.56. The number of nitrogens with one attached hydrogen (secondary N) is 2. The van der Waals surface area contributed by atoms with Crippen molar-refractivity contribution < 1.29 is 14.3 Å². The lowest BCUT2D eigenvalue weighted by molar-refractivity contribution is -0.117. The number of ether oxygens (including phenoxy) is 1. The number of carbonyl (C=O) groups excluding carboxylic acids is 2. The minimum Gasteiger partial charge on any atom is -0.424 e. The van der Waals surface area contributed by atoms with Crippen molar-refractivity contribution in [3.8, 4) is 27.9 Å². The molecule has 0 unspecified atom stereocenters. The molecule has 0 bridgehead atoms. The summed E-state index contributed by atoms with van der Waals surface area (Å²) in [5.41, 5.74) is 2.96. The van der Waals surface area contributed by atoms with Gasteiger partial charge in [0.25, 0.3) is 0 Å². The van der Waals surface area contributed by atoms with Gasteiger partial charge in [-0.2, -0.15) is 5.10 Å². The van der Waals surface area contributed by atoms with E-state index in [4.69, 9.17) is 4.74 Å². The first-order chi connectivity index (χ1) is 20.9. The summed E-state index contributed by atoms with van der Waals surface area (Å²) < 4.78 is 7.45. The second kappa shape index (κ2) is 12.4. The van der Waals surface area contributed by atoms with Gasteiger partial charge in [0.05, 0.1) is 40.5 Å². The number of rotatable bonds is 9. The third-order valence-electron chi connectivity index (χ3n) is 6.54. The number of nitrogens with zero attached hydrogens (tertiary/aromatic N) is 7. The largest absolute Gasteiger partial charge is 0.424 e. The summed E-state index contributed by atoms with van der Waals surface area (Å²) in [4.78, 5) is 44.6. The second-order valence-electron chi connectivity index (χ2n) is 10.4. The standard InChI is InChI=1S/C30H29N9O3S/c1-19(2)13-21-14-26(39(37-21)23-5-3-11-31-17-23)36-28(41)35-22-15-32-29(33-16-22)42-24-9-7-20(8-10-24)25-18-34-30(43-25)38-12-4-6-27(38)40/h3,5,7-11,14-19H,4,6,12-13H2,1-2H3,(H2,35,36,41). The van der Waals surface area contributed by atoms with Crippen LogP contribution in [-0.4, -0.2) is 48.2 Å². The maximum absolute atomic E-state index is 12.8. The number of urea groups is 1. The fraction of sp³-hybridized carbons (Fsp3) is 0.233. The number of pyridine rings is 1. The van der Waals surface area contributed by atoms with E-state index in [0.29, 0.717) is 36.1 Å². The maximum atomic E-state index is 12.8. The fourth-order valence-electron chi connectivity index (χ4n) is 4.59. The predicted octanol–water partition coefficient (Wildman–Crippen LogP) is 5.94. The van der Waals surface area contributed by atoms with Gasteiger partial charge >= 0.3 is 12.0 Å². The second-order valence-corrected chi connectivity index (χ2v) is 11.4. The Morgan fingerprint density at radius 2 is 1.86 bits per heavy atom. The van der Waals surface area contributed by atoms with Gasteiger partial charge in [-0.15, -0.1) is 0 Å². The Morgan fingerprint density at radius 3 is 2.56 bits per heavy atom. The highest BCUT2D eigenvalue weighted by Crippen LogP contribution is 2.34. The number of carbonyl (C=O) groups is 2. The highest BCUT2D eigenvalue weighted by molar-refractivity contribution is 7.19. The van der Waals surface area contributed by atoms with Crippen molar-refractivity contribution in [3.05, 3.63) is 79.1 Å². The molecule has 1 aliphatic heterocycles. The molecule has 5 heterocycles. The smallest absolute Gasteiger partial charge is 0.324 e. The van der Waals surface area contributed by atoms with Crippen molar-refractivity contribution in [1.29, 1.82) is 0 Å². The van der Waals surface area contributed by atoms with Gasteiger partial charge in [-0.25, -0.2) is 24.4 Å². The van der Waals surface area contributed by atoms with Crippen LogP contribution in [0.4, 0.5) is 21.4 Å². The third-order valence-corrected chi connectivity index (χ3v) is 7.61. The number of aromatic nitrogens is 6. The lowest BCUT2D eigenvalue weighted by atomic mass is 10.1. The molecule has 1 aromatic carbocycles. The first-order valence-electron chi connectivity index (χ1n) is 13.8. The monoisotopic (exact) mass is 595 g/mol. The molecule has 13 heteroatoms.